The van der Waals surface area contributed by atoms with Crippen LogP contribution in [0.4, 0.5) is 5.13 Å². The minimum Gasteiger partial charge on any atom is -0.488 e. The number of hydrogen-bond acceptors (Lipinski definition) is 6. The Morgan fingerprint density at radius 1 is 1.05 bits per heavy atom. The monoisotopic (exact) mass is 519 g/mol. The van der Waals surface area contributed by atoms with Crippen molar-refractivity contribution in [2.45, 2.75) is 59.1 Å². The maximum atomic E-state index is 11.3. The number of aliphatic carboxylic acids is 1. The van der Waals surface area contributed by atoms with Crippen LogP contribution in [0.3, 0.4) is 0 Å². The van der Waals surface area contributed by atoms with Crippen LogP contribution in [0.1, 0.15) is 54.4 Å². The molecule has 2 aromatic carbocycles. The van der Waals surface area contributed by atoms with E-state index in [0.717, 1.165) is 47.3 Å². The maximum absolute atomic E-state index is 11.3. The van der Waals surface area contributed by atoms with Crippen molar-refractivity contribution in [3.8, 4) is 17.0 Å². The molecule has 0 radical (unpaired) electrons. The average Bonchev–Trinajstić information content (AvgIpc) is 3.40. The molecule has 0 amide bonds. The number of aromatic nitrogens is 1. The van der Waals surface area contributed by atoms with Crippen LogP contribution < -0.4 is 9.64 Å². The Kier molecular flexibility index (Phi) is 8.11. The van der Waals surface area contributed by atoms with Crippen LogP contribution in [0.2, 0.25) is 0 Å². The molecule has 6 nitrogen and oxygen atoms in total. The fraction of sp³-hybridized carbons (Fsp3) is 0.467. The van der Waals surface area contributed by atoms with E-state index in [9.17, 15) is 9.90 Å². The van der Waals surface area contributed by atoms with E-state index in [0.29, 0.717) is 19.4 Å². The molecule has 196 valence electrons. The second-order valence-electron chi connectivity index (χ2n) is 10.5. The topological polar surface area (TPSA) is 65.9 Å². The Morgan fingerprint density at radius 3 is 2.57 bits per heavy atom. The van der Waals surface area contributed by atoms with E-state index in [1.165, 1.54) is 49.0 Å². The van der Waals surface area contributed by atoms with E-state index in [-0.39, 0.29) is 5.92 Å². The molecule has 3 heterocycles. The number of nitrogens with zero attached hydrogens (tertiary/aromatic N) is 3. The number of hydrogen-bond donors (Lipinski definition) is 1. The molecule has 0 bridgehead atoms. The lowest BCUT2D eigenvalue weighted by Gasteiger charge is -2.29. The molecule has 3 aromatic rings. The second kappa shape index (κ2) is 11.7. The Hall–Kier alpha value is -2.90. The SMILES string of the molecule is Cc1cc(CN2CCCCC2)ccc1COc1c(C)cccc1-c1csc(N2CCC(C(=O)O)CC2)n1. The first-order chi connectivity index (χ1) is 18.0. The van der Waals surface area contributed by atoms with Gasteiger partial charge in [0.05, 0.1) is 11.6 Å². The zero-order valence-corrected chi connectivity index (χ0v) is 22.7. The number of carboxylic acid groups (broad SMARTS) is 1. The second-order valence-corrected chi connectivity index (χ2v) is 11.3. The minimum atomic E-state index is -0.687. The van der Waals surface area contributed by atoms with E-state index in [4.69, 9.17) is 9.72 Å². The first-order valence-electron chi connectivity index (χ1n) is 13.4. The third-order valence-electron chi connectivity index (χ3n) is 7.73. The van der Waals surface area contributed by atoms with E-state index in [1.54, 1.807) is 11.3 Å². The lowest BCUT2D eigenvalue weighted by atomic mass is 9.97. The van der Waals surface area contributed by atoms with Gasteiger partial charge in [0.1, 0.15) is 12.4 Å². The summed E-state index contributed by atoms with van der Waals surface area (Å²) in [6, 6.07) is 13.0. The molecular formula is C30H37N3O3S. The molecule has 2 fully saturated rings. The number of aryl methyl sites for hydroxylation is 2. The van der Waals surface area contributed by atoms with Crippen molar-refractivity contribution in [2.75, 3.05) is 31.1 Å². The third-order valence-corrected chi connectivity index (χ3v) is 8.63. The highest BCUT2D eigenvalue weighted by Crippen LogP contribution is 2.37. The molecule has 1 N–H and O–H groups in total. The van der Waals surface area contributed by atoms with Crippen LogP contribution in [0, 0.1) is 19.8 Å². The van der Waals surface area contributed by atoms with Crippen molar-refractivity contribution < 1.29 is 14.6 Å². The highest BCUT2D eigenvalue weighted by Gasteiger charge is 2.26. The van der Waals surface area contributed by atoms with Gasteiger partial charge in [-0.2, -0.15) is 0 Å². The summed E-state index contributed by atoms with van der Waals surface area (Å²) in [5.74, 6) is -0.0524. The molecule has 5 rings (SSSR count). The standard InChI is InChI=1S/C30H37N3O3S/c1-21-7-6-8-26(27-20-37-30(31-27)33-15-11-24(12-16-33)29(34)35)28(21)36-19-25-10-9-23(17-22(25)2)18-32-13-4-3-5-14-32/h6-10,17,20,24H,3-5,11-16,18-19H2,1-2H3,(H,34,35). The lowest BCUT2D eigenvalue weighted by molar-refractivity contribution is -0.142. The van der Waals surface area contributed by atoms with Crippen molar-refractivity contribution >= 4 is 22.4 Å². The van der Waals surface area contributed by atoms with Gasteiger partial charge in [0, 0.05) is 30.6 Å². The van der Waals surface area contributed by atoms with Crippen LogP contribution in [-0.2, 0) is 17.9 Å². The summed E-state index contributed by atoms with van der Waals surface area (Å²) >= 11 is 1.62. The quantitative estimate of drug-likeness (QED) is 0.377. The fourth-order valence-corrected chi connectivity index (χ4v) is 6.32. The van der Waals surface area contributed by atoms with Gasteiger partial charge in [-0.3, -0.25) is 9.69 Å². The first-order valence-corrected chi connectivity index (χ1v) is 14.3. The molecule has 37 heavy (non-hydrogen) atoms. The molecular weight excluding hydrogens is 482 g/mol. The molecule has 2 aliphatic rings. The number of para-hydroxylation sites is 1. The number of ether oxygens (including phenoxy) is 1. The van der Waals surface area contributed by atoms with Gasteiger partial charge in [-0.25, -0.2) is 4.98 Å². The van der Waals surface area contributed by atoms with E-state index >= 15 is 0 Å². The predicted octanol–water partition coefficient (Wildman–Crippen LogP) is 6.29. The molecule has 0 saturated carbocycles. The highest BCUT2D eigenvalue weighted by atomic mass is 32.1. The summed E-state index contributed by atoms with van der Waals surface area (Å²) in [6.45, 7) is 9.69. The maximum Gasteiger partial charge on any atom is 0.306 e. The van der Waals surface area contributed by atoms with Gasteiger partial charge in [-0.05, 0) is 80.9 Å². The van der Waals surface area contributed by atoms with Crippen LogP contribution in [0.5, 0.6) is 5.75 Å². The number of piperidine rings is 2. The van der Waals surface area contributed by atoms with Crippen molar-refractivity contribution in [3.05, 3.63) is 64.0 Å². The molecule has 0 atom stereocenters. The van der Waals surface area contributed by atoms with Gasteiger partial charge >= 0.3 is 5.97 Å². The van der Waals surface area contributed by atoms with Gasteiger partial charge in [-0.15, -0.1) is 11.3 Å². The van der Waals surface area contributed by atoms with E-state index < -0.39 is 5.97 Å². The Morgan fingerprint density at radius 2 is 1.84 bits per heavy atom. The summed E-state index contributed by atoms with van der Waals surface area (Å²) in [5, 5.41) is 12.3. The molecule has 0 unspecified atom stereocenters. The Labute approximate surface area is 223 Å². The van der Waals surface area contributed by atoms with Gasteiger partial charge in [0.2, 0.25) is 0 Å². The summed E-state index contributed by atoms with van der Waals surface area (Å²) in [5.41, 5.74) is 6.85. The molecule has 7 heteroatoms. The van der Waals surface area contributed by atoms with Gasteiger partial charge in [0.25, 0.3) is 0 Å². The van der Waals surface area contributed by atoms with E-state index in [1.807, 2.05) is 0 Å². The summed E-state index contributed by atoms with van der Waals surface area (Å²) in [4.78, 5) is 21.0. The Bertz CT molecular complexity index is 1230. The molecule has 0 spiro atoms. The number of carbonyl (C=O) groups is 1. The minimum absolute atomic E-state index is 0.241. The molecule has 2 aliphatic heterocycles. The zero-order chi connectivity index (χ0) is 25.8. The molecule has 1 aromatic heterocycles. The summed E-state index contributed by atoms with van der Waals surface area (Å²) in [7, 11) is 0. The van der Waals surface area contributed by atoms with Crippen LogP contribution in [-0.4, -0.2) is 47.1 Å². The number of rotatable bonds is 8. The van der Waals surface area contributed by atoms with Gasteiger partial charge in [0.15, 0.2) is 5.13 Å². The fourth-order valence-electron chi connectivity index (χ4n) is 5.44. The number of carboxylic acids is 1. The molecule has 2 saturated heterocycles. The van der Waals surface area contributed by atoms with Crippen LogP contribution in [0.25, 0.3) is 11.3 Å². The average molecular weight is 520 g/mol. The van der Waals surface area contributed by atoms with Gasteiger partial charge < -0.3 is 14.7 Å². The Balaban J connectivity index is 1.27. The van der Waals surface area contributed by atoms with Gasteiger partial charge in [-0.1, -0.05) is 36.8 Å². The third kappa shape index (κ3) is 6.16. The normalized spacial score (nSPS) is 17.2. The number of likely N-dealkylation sites (tertiary alicyclic amines) is 1. The zero-order valence-electron chi connectivity index (χ0n) is 21.9. The lowest BCUT2D eigenvalue weighted by Crippen LogP contribution is -2.36. The number of benzene rings is 2. The van der Waals surface area contributed by atoms with Crippen molar-refractivity contribution in [1.29, 1.82) is 0 Å². The van der Waals surface area contributed by atoms with Crippen LogP contribution >= 0.6 is 11.3 Å². The van der Waals surface area contributed by atoms with Crippen LogP contribution in [0.15, 0.2) is 41.8 Å². The van der Waals surface area contributed by atoms with E-state index in [2.05, 4.69) is 65.4 Å². The van der Waals surface area contributed by atoms with Crippen molar-refractivity contribution in [2.24, 2.45) is 5.92 Å². The first kappa shape index (κ1) is 25.7. The van der Waals surface area contributed by atoms with Crippen molar-refractivity contribution in [3.63, 3.8) is 0 Å². The summed E-state index contributed by atoms with van der Waals surface area (Å²) < 4.78 is 6.45. The van der Waals surface area contributed by atoms with Crippen molar-refractivity contribution in [1.82, 2.24) is 9.88 Å². The highest BCUT2D eigenvalue weighted by molar-refractivity contribution is 7.14. The molecule has 0 aliphatic carbocycles. The number of anilines is 1. The summed E-state index contributed by atoms with van der Waals surface area (Å²) in [6.07, 6.45) is 5.32. The smallest absolute Gasteiger partial charge is 0.306 e. The number of thiazole rings is 1. The largest absolute Gasteiger partial charge is 0.488 e. The predicted molar refractivity (Wildman–Crippen MR) is 149 cm³/mol.